The van der Waals surface area contributed by atoms with E-state index in [-0.39, 0.29) is 9.64 Å². The van der Waals surface area contributed by atoms with E-state index >= 15 is 0 Å². The van der Waals surface area contributed by atoms with E-state index in [0.717, 1.165) is 18.2 Å². The molecular formula is C9H16N4S2. The molecule has 6 heteroatoms. The van der Waals surface area contributed by atoms with Crippen molar-refractivity contribution < 1.29 is 0 Å². The fourth-order valence-electron chi connectivity index (χ4n) is 1.28. The van der Waals surface area contributed by atoms with Crippen molar-refractivity contribution in [3.8, 4) is 0 Å². The molecular weight excluding hydrogens is 228 g/mol. The van der Waals surface area contributed by atoms with Gasteiger partial charge in [0, 0.05) is 31.7 Å². The number of hydrogen-bond donors (Lipinski definition) is 1. The largest absolute Gasteiger partial charge is 0.237 e. The fourth-order valence-corrected chi connectivity index (χ4v) is 3.48. The Morgan fingerprint density at radius 1 is 1.40 bits per heavy atom. The van der Waals surface area contributed by atoms with Gasteiger partial charge in [0.2, 0.25) is 0 Å². The van der Waals surface area contributed by atoms with Crippen LogP contribution >= 0.6 is 0 Å². The molecule has 0 saturated carbocycles. The quantitative estimate of drug-likeness (QED) is 0.721. The smallest absolute Gasteiger partial charge is 0.0496 e. The van der Waals surface area contributed by atoms with E-state index in [2.05, 4.69) is 27.0 Å². The minimum absolute atomic E-state index is 0.00887. The highest BCUT2D eigenvalue weighted by Gasteiger charge is 2.14. The number of rotatable bonds is 0. The van der Waals surface area contributed by atoms with Crippen LogP contribution in [0.25, 0.3) is 0 Å². The molecule has 84 valence electrons. The van der Waals surface area contributed by atoms with Crippen LogP contribution in [0.3, 0.4) is 0 Å². The van der Waals surface area contributed by atoms with Crippen LogP contribution in [0.4, 0.5) is 0 Å². The standard InChI is InChI=1S/C5H12N2S2.C4H4N2/c1-5-3-7(2)6-9(8)4-5;1-2-4-6-5-3-1/h5-6H,3-4H2,1-2H3;1-4H. The Bertz CT molecular complexity index is 255. The lowest BCUT2D eigenvalue weighted by Crippen LogP contribution is -2.46. The summed E-state index contributed by atoms with van der Waals surface area (Å²) < 4.78 is 0. The van der Waals surface area contributed by atoms with Gasteiger partial charge in [-0.15, -0.1) is 0 Å². The summed E-state index contributed by atoms with van der Waals surface area (Å²) in [6.07, 6.45) is 3.28. The predicted octanol–water partition coefficient (Wildman–Crippen LogP) is 0.544. The summed E-state index contributed by atoms with van der Waals surface area (Å²) in [6, 6.07) is 3.65. The molecule has 1 aromatic rings. The summed E-state index contributed by atoms with van der Waals surface area (Å²) in [5, 5.41) is 9.16. The summed E-state index contributed by atoms with van der Waals surface area (Å²) >= 11 is 5.12. The number of aromatic nitrogens is 2. The highest BCUT2D eigenvalue weighted by atomic mass is 32.8. The summed E-state index contributed by atoms with van der Waals surface area (Å²) in [5.41, 5.74) is 0. The Balaban J connectivity index is 0.000000162. The van der Waals surface area contributed by atoms with Crippen LogP contribution < -0.4 is 4.83 Å². The average molecular weight is 244 g/mol. The lowest BCUT2D eigenvalue weighted by molar-refractivity contribution is 0.260. The first-order valence-electron chi connectivity index (χ1n) is 4.76. The summed E-state index contributed by atoms with van der Waals surface area (Å²) in [6.45, 7) is 3.36. The molecule has 0 amide bonds. The summed E-state index contributed by atoms with van der Waals surface area (Å²) in [4.78, 5) is 3.19. The molecule has 2 rings (SSSR count). The van der Waals surface area contributed by atoms with Gasteiger partial charge >= 0.3 is 0 Å². The van der Waals surface area contributed by atoms with Crippen LogP contribution in [-0.2, 0) is 20.8 Å². The van der Waals surface area contributed by atoms with E-state index in [0.29, 0.717) is 0 Å². The van der Waals surface area contributed by atoms with E-state index in [1.54, 1.807) is 12.4 Å². The molecule has 2 unspecified atom stereocenters. The van der Waals surface area contributed by atoms with E-state index in [1.165, 1.54) is 0 Å². The van der Waals surface area contributed by atoms with Gasteiger partial charge in [0.15, 0.2) is 0 Å². The van der Waals surface area contributed by atoms with Crippen molar-refractivity contribution in [1.82, 2.24) is 20.0 Å². The van der Waals surface area contributed by atoms with Crippen LogP contribution in [0.1, 0.15) is 6.92 Å². The summed E-state index contributed by atoms with van der Waals surface area (Å²) in [7, 11) is 2.05. The highest BCUT2D eigenvalue weighted by molar-refractivity contribution is 8.27. The Kier molecular flexibility index (Phi) is 5.85. The Morgan fingerprint density at radius 3 is 2.33 bits per heavy atom. The van der Waals surface area contributed by atoms with E-state index < -0.39 is 0 Å². The van der Waals surface area contributed by atoms with Crippen molar-refractivity contribution in [2.75, 3.05) is 19.3 Å². The molecule has 2 atom stereocenters. The maximum Gasteiger partial charge on any atom is 0.0496 e. The average Bonchev–Trinajstić information content (AvgIpc) is 2.19. The molecule has 4 nitrogen and oxygen atoms in total. The van der Waals surface area contributed by atoms with Crippen LogP contribution in [-0.4, -0.2) is 34.6 Å². The first-order valence-corrected chi connectivity index (χ1v) is 7.08. The van der Waals surface area contributed by atoms with Crippen molar-refractivity contribution in [3.05, 3.63) is 24.5 Å². The minimum atomic E-state index is 0.00887. The number of hydrogen-bond acceptors (Lipinski definition) is 4. The molecule has 0 spiro atoms. The molecule has 2 heterocycles. The van der Waals surface area contributed by atoms with Crippen molar-refractivity contribution in [2.24, 2.45) is 5.92 Å². The number of hydrazine groups is 1. The lowest BCUT2D eigenvalue weighted by atomic mass is 10.2. The molecule has 1 aromatic heterocycles. The molecule has 0 radical (unpaired) electrons. The van der Waals surface area contributed by atoms with E-state index in [9.17, 15) is 0 Å². The highest BCUT2D eigenvalue weighted by Crippen LogP contribution is 2.03. The monoisotopic (exact) mass is 244 g/mol. The molecule has 1 saturated heterocycles. The van der Waals surface area contributed by atoms with Crippen molar-refractivity contribution in [2.45, 2.75) is 6.92 Å². The molecule has 0 aromatic carbocycles. The Morgan fingerprint density at radius 2 is 2.00 bits per heavy atom. The Hall–Kier alpha value is -0.430. The molecule has 1 aliphatic rings. The van der Waals surface area contributed by atoms with Crippen molar-refractivity contribution in [1.29, 1.82) is 0 Å². The third-order valence-electron chi connectivity index (χ3n) is 1.76. The topological polar surface area (TPSA) is 41.0 Å². The normalized spacial score (nSPS) is 26.5. The van der Waals surface area contributed by atoms with E-state index in [4.69, 9.17) is 11.2 Å². The lowest BCUT2D eigenvalue weighted by Gasteiger charge is -2.29. The second-order valence-electron chi connectivity index (χ2n) is 3.50. The van der Waals surface area contributed by atoms with Gasteiger partial charge in [-0.3, -0.25) is 0 Å². The molecule has 1 N–H and O–H groups in total. The van der Waals surface area contributed by atoms with Gasteiger partial charge in [-0.25, -0.2) is 5.01 Å². The molecule has 1 fully saturated rings. The molecule has 0 aliphatic carbocycles. The first kappa shape index (κ1) is 12.6. The van der Waals surface area contributed by atoms with Gasteiger partial charge in [0.1, 0.15) is 0 Å². The molecule has 15 heavy (non-hydrogen) atoms. The third kappa shape index (κ3) is 5.88. The van der Waals surface area contributed by atoms with Crippen LogP contribution in [0.15, 0.2) is 24.5 Å². The zero-order valence-corrected chi connectivity index (χ0v) is 10.6. The van der Waals surface area contributed by atoms with Gasteiger partial charge in [0.25, 0.3) is 0 Å². The fraction of sp³-hybridized carbons (Fsp3) is 0.556. The van der Waals surface area contributed by atoms with Crippen LogP contribution in [0, 0.1) is 5.92 Å². The maximum absolute atomic E-state index is 5.12. The van der Waals surface area contributed by atoms with Crippen molar-refractivity contribution in [3.63, 3.8) is 0 Å². The van der Waals surface area contributed by atoms with Gasteiger partial charge in [0.05, 0.1) is 0 Å². The van der Waals surface area contributed by atoms with Gasteiger partial charge in [-0.2, -0.15) is 15.0 Å². The second kappa shape index (κ2) is 6.95. The molecule has 0 bridgehead atoms. The third-order valence-corrected chi connectivity index (χ3v) is 3.78. The summed E-state index contributed by atoms with van der Waals surface area (Å²) in [5.74, 6) is 1.91. The number of nitrogens with zero attached hydrogens (tertiary/aromatic N) is 3. The SMILES string of the molecule is CC1CN(C)NS(=S)C1.c1ccnnc1. The first-order chi connectivity index (χ1) is 7.18. The number of nitrogens with one attached hydrogen (secondary N) is 1. The molecule has 1 aliphatic heterocycles. The predicted molar refractivity (Wildman–Crippen MR) is 66.6 cm³/mol. The van der Waals surface area contributed by atoms with Gasteiger partial charge < -0.3 is 0 Å². The maximum atomic E-state index is 5.12. The van der Waals surface area contributed by atoms with Crippen LogP contribution in [0.5, 0.6) is 0 Å². The van der Waals surface area contributed by atoms with Crippen LogP contribution in [0.2, 0.25) is 0 Å². The second-order valence-corrected chi connectivity index (χ2v) is 5.92. The zero-order chi connectivity index (χ0) is 11.1. The van der Waals surface area contributed by atoms with Gasteiger partial charge in [-0.05, 0) is 38.9 Å². The van der Waals surface area contributed by atoms with Gasteiger partial charge in [-0.1, -0.05) is 6.92 Å². The van der Waals surface area contributed by atoms with Crippen molar-refractivity contribution >= 4 is 20.8 Å². The zero-order valence-electron chi connectivity index (χ0n) is 8.96. The minimum Gasteiger partial charge on any atom is -0.237 e. The van der Waals surface area contributed by atoms with E-state index in [1.807, 2.05) is 19.2 Å². The Labute approximate surface area is 97.8 Å².